The second-order valence-electron chi connectivity index (χ2n) is 13.0. The zero-order valence-corrected chi connectivity index (χ0v) is 26.5. The van der Waals surface area contributed by atoms with Crippen molar-refractivity contribution in [3.63, 3.8) is 0 Å². The molecule has 3 aromatic carbocycles. The Labute approximate surface area is 281 Å². The predicted molar refractivity (Wildman–Crippen MR) is 166 cm³/mol. The first-order valence-electron chi connectivity index (χ1n) is 16.0. The maximum atomic E-state index is 14.9. The quantitative estimate of drug-likeness (QED) is 0.162. The smallest absolute Gasteiger partial charge is 0.419 e. The average molecular weight is 709 g/mol. The fourth-order valence-electron chi connectivity index (χ4n) is 7.35. The molecule has 3 saturated carbocycles. The van der Waals surface area contributed by atoms with Crippen LogP contribution in [-0.4, -0.2) is 36.2 Å². The highest BCUT2D eigenvalue weighted by molar-refractivity contribution is 6.00. The van der Waals surface area contributed by atoms with Gasteiger partial charge in [0.15, 0.2) is 6.10 Å². The highest BCUT2D eigenvalue weighted by atomic mass is 19.4. The molecule has 2 bridgehead atoms. The molecule has 14 heteroatoms. The summed E-state index contributed by atoms with van der Waals surface area (Å²) in [7, 11) is 1.28. The number of anilines is 1. The predicted octanol–water partition coefficient (Wildman–Crippen LogP) is 8.37. The molecule has 0 aromatic heterocycles. The number of rotatable bonds is 8. The maximum absolute atomic E-state index is 14.9. The number of nitrogens with one attached hydrogen (secondary N) is 2. The molecule has 6 nitrogen and oxygen atoms in total. The van der Waals surface area contributed by atoms with Crippen molar-refractivity contribution in [3.8, 4) is 16.9 Å². The third kappa shape index (κ3) is 6.81. The second kappa shape index (κ2) is 13.3. The van der Waals surface area contributed by atoms with Gasteiger partial charge in [-0.15, -0.1) is 0 Å². The Kier molecular flexibility index (Phi) is 9.44. The van der Waals surface area contributed by atoms with Crippen molar-refractivity contribution < 1.29 is 54.6 Å². The lowest BCUT2D eigenvalue weighted by Crippen LogP contribution is -2.48. The molecule has 2 amide bonds. The lowest BCUT2D eigenvalue weighted by Gasteiger charge is -2.30. The van der Waals surface area contributed by atoms with Gasteiger partial charge in [-0.2, -0.15) is 26.3 Å². The summed E-state index contributed by atoms with van der Waals surface area (Å²) in [6, 6.07) is 7.64. The van der Waals surface area contributed by atoms with Gasteiger partial charge in [-0.1, -0.05) is 30.2 Å². The van der Waals surface area contributed by atoms with E-state index in [-0.39, 0.29) is 40.0 Å². The monoisotopic (exact) mass is 708 g/mol. The van der Waals surface area contributed by atoms with E-state index in [2.05, 4.69) is 16.7 Å². The number of alkyl halides is 6. The van der Waals surface area contributed by atoms with Gasteiger partial charge in [0, 0.05) is 23.2 Å². The molecule has 0 spiro atoms. The number of ether oxygens (including phenoxy) is 1. The van der Waals surface area contributed by atoms with Gasteiger partial charge in [0.05, 0.1) is 24.2 Å². The van der Waals surface area contributed by atoms with Gasteiger partial charge in [0.25, 0.3) is 5.91 Å². The normalized spacial score (nSPS) is 23.4. The average Bonchev–Trinajstić information content (AvgIpc) is 3.57. The number of benzene rings is 3. The molecule has 0 aliphatic heterocycles. The molecule has 6 rings (SSSR count). The number of methoxy groups -OCH3 is 1. The molecule has 50 heavy (non-hydrogen) atoms. The van der Waals surface area contributed by atoms with Gasteiger partial charge < -0.3 is 20.5 Å². The van der Waals surface area contributed by atoms with Gasteiger partial charge in [-0.3, -0.25) is 9.59 Å². The number of carbonyl (C=O) groups is 2. The summed E-state index contributed by atoms with van der Waals surface area (Å²) >= 11 is 0. The topological polar surface area (TPSA) is 87.7 Å². The first-order chi connectivity index (χ1) is 23.6. The van der Waals surface area contributed by atoms with Crippen LogP contribution in [0.3, 0.4) is 0 Å². The van der Waals surface area contributed by atoms with Crippen LogP contribution in [-0.2, 0) is 11.0 Å². The Hall–Kier alpha value is -4.46. The Bertz CT molecular complexity index is 1840. The molecule has 3 N–H and O–H groups in total. The molecule has 3 unspecified atom stereocenters. The number of hydrogen-bond acceptors (Lipinski definition) is 4. The van der Waals surface area contributed by atoms with Crippen LogP contribution in [0.4, 0.5) is 40.8 Å². The molecule has 3 aromatic rings. The molecule has 3 fully saturated rings. The number of halogens is 8. The fourth-order valence-corrected chi connectivity index (χ4v) is 7.35. The van der Waals surface area contributed by atoms with E-state index in [0.29, 0.717) is 30.9 Å². The molecule has 0 saturated heterocycles. The minimum Gasteiger partial charge on any atom is -0.496 e. The Morgan fingerprint density at radius 3 is 2.24 bits per heavy atom. The van der Waals surface area contributed by atoms with Crippen LogP contribution in [0.25, 0.3) is 11.1 Å². The van der Waals surface area contributed by atoms with Gasteiger partial charge in [-0.05, 0) is 91.1 Å². The van der Waals surface area contributed by atoms with Crippen LogP contribution in [0.2, 0.25) is 0 Å². The van der Waals surface area contributed by atoms with Crippen LogP contribution in [0.1, 0.15) is 59.7 Å². The lowest BCUT2D eigenvalue weighted by atomic mass is 9.82. The van der Waals surface area contributed by atoms with E-state index in [0.717, 1.165) is 49.1 Å². The standard InChI is InChI=1S/C36H32F8N2O4/c1-50-29-12-6-18(23-15-19(5-10-27(23)37)32(47)36(42,43)44)14-25(29)33(48)46-31-22-9-8-21(24(22)13-17-3-2-4-17)30(31)34(49)45-20-7-11-28(38)26(16-20)35(39,40)41/h5-7,10-17,21-22,30-32,47H,2-4,8-9H2,1H3,(H,45,49)(H,46,48)/b24-13-/t21?,22?,30-,31?,32-/m0/s1. The fraction of sp³-hybridized carbons (Fsp3) is 0.389. The van der Waals surface area contributed by atoms with Gasteiger partial charge in [0.1, 0.15) is 17.4 Å². The molecular formula is C36H32F8N2O4. The van der Waals surface area contributed by atoms with E-state index in [4.69, 9.17) is 4.74 Å². The van der Waals surface area contributed by atoms with Crippen LogP contribution in [0, 0.1) is 35.3 Å². The number of allylic oxidation sites excluding steroid dienone is 1. The van der Waals surface area contributed by atoms with Crippen LogP contribution < -0.4 is 15.4 Å². The highest BCUT2D eigenvalue weighted by Gasteiger charge is 2.55. The van der Waals surface area contributed by atoms with Crippen molar-refractivity contribution >= 4 is 17.5 Å². The van der Waals surface area contributed by atoms with E-state index >= 15 is 0 Å². The first kappa shape index (κ1) is 35.4. The third-order valence-corrected chi connectivity index (χ3v) is 9.99. The molecule has 3 aliphatic carbocycles. The summed E-state index contributed by atoms with van der Waals surface area (Å²) in [6.07, 6.45) is -6.54. The van der Waals surface area contributed by atoms with Crippen LogP contribution in [0.5, 0.6) is 5.75 Å². The molecule has 3 aliphatic rings. The van der Waals surface area contributed by atoms with Crippen LogP contribution in [0.15, 0.2) is 66.2 Å². The number of hydrogen-bond donors (Lipinski definition) is 3. The van der Waals surface area contributed by atoms with Crippen molar-refractivity contribution in [2.75, 3.05) is 12.4 Å². The summed E-state index contributed by atoms with van der Waals surface area (Å²) in [4.78, 5) is 27.8. The number of aliphatic hydroxyl groups is 1. The maximum Gasteiger partial charge on any atom is 0.419 e. The molecule has 5 atom stereocenters. The number of fused-ring (bicyclic) bond motifs is 2. The highest BCUT2D eigenvalue weighted by Crippen LogP contribution is 2.54. The Morgan fingerprint density at radius 1 is 0.900 bits per heavy atom. The zero-order valence-electron chi connectivity index (χ0n) is 26.5. The Balaban J connectivity index is 1.32. The summed E-state index contributed by atoms with van der Waals surface area (Å²) in [5.74, 6) is -4.97. The van der Waals surface area contributed by atoms with E-state index in [9.17, 15) is 49.8 Å². The number of aliphatic hydroxyl groups excluding tert-OH is 1. The number of amides is 2. The van der Waals surface area contributed by atoms with Gasteiger partial charge in [0.2, 0.25) is 5.91 Å². The summed E-state index contributed by atoms with van der Waals surface area (Å²) in [6.45, 7) is 0. The number of carbonyl (C=O) groups excluding carboxylic acids is 2. The zero-order chi connectivity index (χ0) is 36.1. The van der Waals surface area contributed by atoms with E-state index in [1.165, 1.54) is 25.3 Å². The summed E-state index contributed by atoms with van der Waals surface area (Å²) in [5.41, 5.74) is -1.86. The lowest BCUT2D eigenvalue weighted by molar-refractivity contribution is -0.206. The Morgan fingerprint density at radius 2 is 1.60 bits per heavy atom. The van der Waals surface area contributed by atoms with E-state index < -0.39 is 65.0 Å². The minimum atomic E-state index is -5.01. The van der Waals surface area contributed by atoms with Crippen LogP contribution >= 0.6 is 0 Å². The minimum absolute atomic E-state index is 0.00857. The van der Waals surface area contributed by atoms with Crippen molar-refractivity contribution in [1.82, 2.24) is 5.32 Å². The summed E-state index contributed by atoms with van der Waals surface area (Å²) in [5, 5.41) is 15.1. The molecule has 0 radical (unpaired) electrons. The van der Waals surface area contributed by atoms with Crippen molar-refractivity contribution in [2.24, 2.45) is 23.7 Å². The van der Waals surface area contributed by atoms with Crippen molar-refractivity contribution in [3.05, 3.63) is 94.6 Å². The molecule has 0 heterocycles. The molecule has 266 valence electrons. The second-order valence-corrected chi connectivity index (χ2v) is 13.0. The first-order valence-corrected chi connectivity index (χ1v) is 16.0. The summed E-state index contributed by atoms with van der Waals surface area (Å²) < 4.78 is 114. The van der Waals surface area contributed by atoms with Crippen molar-refractivity contribution in [2.45, 2.75) is 56.6 Å². The SMILES string of the molecule is COc1ccc(-c2cc([C@H](O)C(F)(F)F)ccc2F)cc1C(=O)NC1C2CCC(/C2=C/C2CCC2)[C@@H]1C(=O)Nc1ccc(F)c(C(F)(F)F)c1. The van der Waals surface area contributed by atoms with Crippen molar-refractivity contribution in [1.29, 1.82) is 0 Å². The third-order valence-electron chi connectivity index (χ3n) is 9.99. The largest absolute Gasteiger partial charge is 0.496 e. The van der Waals surface area contributed by atoms with E-state index in [1.54, 1.807) is 0 Å². The van der Waals surface area contributed by atoms with Gasteiger partial charge >= 0.3 is 12.4 Å². The van der Waals surface area contributed by atoms with E-state index in [1.807, 2.05) is 0 Å². The molecular weight excluding hydrogens is 676 g/mol. The van der Waals surface area contributed by atoms with Gasteiger partial charge in [-0.25, -0.2) is 8.78 Å².